The van der Waals surface area contributed by atoms with Crippen LogP contribution in [0.2, 0.25) is 0 Å². The summed E-state index contributed by atoms with van der Waals surface area (Å²) in [5.41, 5.74) is 4.29. The summed E-state index contributed by atoms with van der Waals surface area (Å²) in [6, 6.07) is 14.0. The fourth-order valence-corrected chi connectivity index (χ4v) is 4.44. The van der Waals surface area contributed by atoms with Gasteiger partial charge in [-0.25, -0.2) is 23.4 Å². The highest BCUT2D eigenvalue weighted by molar-refractivity contribution is 7.92. The van der Waals surface area contributed by atoms with Gasteiger partial charge in [-0.2, -0.15) is 0 Å². The first kappa shape index (κ1) is 20.6. The first-order valence-corrected chi connectivity index (χ1v) is 11.4. The molecule has 10 heteroatoms. The van der Waals surface area contributed by atoms with Gasteiger partial charge in [0.05, 0.1) is 35.8 Å². The Morgan fingerprint density at radius 3 is 2.39 bits per heavy atom. The van der Waals surface area contributed by atoms with Gasteiger partial charge in [0.15, 0.2) is 0 Å². The highest BCUT2D eigenvalue weighted by atomic mass is 32.2. The third-order valence-corrected chi connectivity index (χ3v) is 6.39. The molecule has 5 rings (SSSR count). The van der Waals surface area contributed by atoms with Crippen LogP contribution in [0.4, 0.5) is 5.69 Å². The van der Waals surface area contributed by atoms with Gasteiger partial charge in [0.1, 0.15) is 5.65 Å². The van der Waals surface area contributed by atoms with E-state index in [0.717, 1.165) is 28.0 Å². The van der Waals surface area contributed by atoms with Crippen LogP contribution >= 0.6 is 0 Å². The number of hydrogen-bond acceptors (Lipinski definition) is 7. The number of nitrogens with zero attached hydrogens (tertiary/aromatic N) is 5. The molecule has 5 aromatic rings. The third-order valence-electron chi connectivity index (χ3n) is 4.99. The number of aromatic nitrogens is 5. The lowest BCUT2D eigenvalue weighted by Gasteiger charge is -2.10. The van der Waals surface area contributed by atoms with E-state index < -0.39 is 10.0 Å². The summed E-state index contributed by atoms with van der Waals surface area (Å²) >= 11 is 0. The van der Waals surface area contributed by atoms with Crippen molar-refractivity contribution in [3.05, 3.63) is 85.7 Å². The Morgan fingerprint density at radius 2 is 1.64 bits per heavy atom. The number of rotatable bonds is 6. The molecule has 0 aliphatic heterocycles. The molecule has 9 nitrogen and oxygen atoms in total. The number of benzene rings is 1. The highest BCUT2D eigenvalue weighted by Gasteiger charge is 2.15. The van der Waals surface area contributed by atoms with Gasteiger partial charge in [0, 0.05) is 41.5 Å². The normalized spacial score (nSPS) is 11.4. The van der Waals surface area contributed by atoms with Crippen LogP contribution in [0.1, 0.15) is 0 Å². The van der Waals surface area contributed by atoms with Crippen molar-refractivity contribution < 1.29 is 13.2 Å². The van der Waals surface area contributed by atoms with Crippen molar-refractivity contribution in [3.63, 3.8) is 0 Å². The molecule has 0 spiro atoms. The van der Waals surface area contributed by atoms with Crippen molar-refractivity contribution in [1.29, 1.82) is 0 Å². The lowest BCUT2D eigenvalue weighted by molar-refractivity contribution is 0.380. The van der Waals surface area contributed by atoms with E-state index in [1.165, 1.54) is 25.4 Å². The lowest BCUT2D eigenvalue weighted by atomic mass is 10.1. The number of fused-ring (bicyclic) bond motifs is 1. The molecule has 0 aliphatic rings. The zero-order chi connectivity index (χ0) is 22.8. The van der Waals surface area contributed by atoms with E-state index in [0.29, 0.717) is 5.69 Å². The summed E-state index contributed by atoms with van der Waals surface area (Å²) in [6.45, 7) is 0. The van der Waals surface area contributed by atoms with Crippen molar-refractivity contribution in [2.24, 2.45) is 0 Å². The maximum Gasteiger partial charge on any atom is 0.316 e. The maximum absolute atomic E-state index is 12.7. The molecule has 4 aromatic heterocycles. The van der Waals surface area contributed by atoms with E-state index in [-0.39, 0.29) is 10.9 Å². The molecule has 1 aromatic carbocycles. The zero-order valence-corrected chi connectivity index (χ0v) is 18.3. The van der Waals surface area contributed by atoms with Gasteiger partial charge < -0.3 is 4.74 Å². The van der Waals surface area contributed by atoms with Crippen molar-refractivity contribution in [2.75, 3.05) is 11.8 Å². The third kappa shape index (κ3) is 4.11. The molecule has 0 radical (unpaired) electrons. The van der Waals surface area contributed by atoms with Crippen LogP contribution in [-0.2, 0) is 10.0 Å². The largest absolute Gasteiger partial charge is 0.467 e. The molecular formula is C23H18N6O3S. The second-order valence-electron chi connectivity index (χ2n) is 7.13. The van der Waals surface area contributed by atoms with Gasteiger partial charge in [-0.15, -0.1) is 0 Å². The predicted octanol–water partition coefficient (Wildman–Crippen LogP) is 3.66. The summed E-state index contributed by atoms with van der Waals surface area (Å²) in [7, 11) is -2.20. The molecule has 0 unspecified atom stereocenters. The topological polar surface area (TPSA) is 111 Å². The van der Waals surface area contributed by atoms with Gasteiger partial charge in [0.25, 0.3) is 10.0 Å². The number of pyridine rings is 2. The van der Waals surface area contributed by atoms with Crippen LogP contribution in [0.25, 0.3) is 28.0 Å². The molecule has 1 N–H and O–H groups in total. The number of imidazole rings is 1. The summed E-state index contributed by atoms with van der Waals surface area (Å²) in [6.07, 6.45) is 10.1. The average Bonchev–Trinajstić information content (AvgIpc) is 3.28. The number of anilines is 1. The smallest absolute Gasteiger partial charge is 0.316 e. The molecule has 164 valence electrons. The quantitative estimate of drug-likeness (QED) is 0.413. The van der Waals surface area contributed by atoms with Gasteiger partial charge in [-0.1, -0.05) is 18.2 Å². The molecule has 0 aliphatic carbocycles. The standard InChI is InChI=1S/C23H18N6O3S/c1-32-23-26-11-18(12-27-23)21-14-25-22-8-7-16(15-29(21)22)17-9-19(13-24-10-17)28-33(30,31)20-5-3-2-4-6-20/h2-15,28H,1H3. The Hall–Kier alpha value is -4.31. The van der Waals surface area contributed by atoms with Crippen LogP contribution in [0.5, 0.6) is 6.01 Å². The Bertz CT molecular complexity index is 1530. The minimum atomic E-state index is -3.72. The molecular weight excluding hydrogens is 440 g/mol. The maximum atomic E-state index is 12.7. The van der Waals surface area contributed by atoms with Crippen molar-refractivity contribution >= 4 is 21.4 Å². The van der Waals surface area contributed by atoms with Crippen LogP contribution < -0.4 is 9.46 Å². The predicted molar refractivity (Wildman–Crippen MR) is 123 cm³/mol. The summed E-state index contributed by atoms with van der Waals surface area (Å²) < 4.78 is 34.9. The fourth-order valence-electron chi connectivity index (χ4n) is 3.39. The minimum Gasteiger partial charge on any atom is -0.467 e. The zero-order valence-electron chi connectivity index (χ0n) is 17.5. The summed E-state index contributed by atoms with van der Waals surface area (Å²) in [4.78, 5) is 17.2. The molecule has 0 bridgehead atoms. The molecule has 0 saturated carbocycles. The highest BCUT2D eigenvalue weighted by Crippen LogP contribution is 2.26. The van der Waals surface area contributed by atoms with E-state index in [1.807, 2.05) is 22.7 Å². The number of hydrogen-bond donors (Lipinski definition) is 1. The van der Waals surface area contributed by atoms with Crippen LogP contribution in [0.3, 0.4) is 0 Å². The summed E-state index contributed by atoms with van der Waals surface area (Å²) in [5, 5.41) is 0. The van der Waals surface area contributed by atoms with E-state index in [2.05, 4.69) is 24.7 Å². The number of ether oxygens (including phenoxy) is 1. The van der Waals surface area contributed by atoms with E-state index in [4.69, 9.17) is 4.74 Å². The van der Waals surface area contributed by atoms with Gasteiger partial charge in [0.2, 0.25) is 0 Å². The molecule has 0 amide bonds. The Morgan fingerprint density at radius 1 is 0.848 bits per heavy atom. The monoisotopic (exact) mass is 458 g/mol. The first-order chi connectivity index (χ1) is 16.0. The van der Waals surface area contributed by atoms with Crippen molar-refractivity contribution in [2.45, 2.75) is 4.90 Å². The number of sulfonamides is 1. The van der Waals surface area contributed by atoms with Gasteiger partial charge in [-0.3, -0.25) is 14.1 Å². The lowest BCUT2D eigenvalue weighted by Crippen LogP contribution is -2.13. The van der Waals surface area contributed by atoms with E-state index >= 15 is 0 Å². The van der Waals surface area contributed by atoms with Gasteiger partial charge >= 0.3 is 6.01 Å². The van der Waals surface area contributed by atoms with E-state index in [1.54, 1.807) is 49.1 Å². The Labute approximate surface area is 189 Å². The van der Waals surface area contributed by atoms with Crippen LogP contribution in [0.15, 0.2) is 90.6 Å². The first-order valence-electron chi connectivity index (χ1n) is 9.90. The number of nitrogens with one attached hydrogen (secondary N) is 1. The van der Waals surface area contributed by atoms with Gasteiger partial charge in [-0.05, 0) is 30.3 Å². The SMILES string of the molecule is COc1ncc(-c2cnc3ccc(-c4cncc(NS(=O)(=O)c5ccccc5)c4)cn23)cn1. The average molecular weight is 459 g/mol. The molecule has 0 fully saturated rings. The summed E-state index contributed by atoms with van der Waals surface area (Å²) in [5.74, 6) is 0. The molecule has 0 atom stereocenters. The number of methoxy groups -OCH3 is 1. The Kier molecular flexibility index (Phi) is 5.19. The molecule has 0 saturated heterocycles. The van der Waals surface area contributed by atoms with Crippen LogP contribution in [0, 0.1) is 0 Å². The fraction of sp³-hybridized carbons (Fsp3) is 0.0435. The second kappa shape index (κ2) is 8.32. The van der Waals surface area contributed by atoms with Crippen molar-refractivity contribution in [1.82, 2.24) is 24.3 Å². The van der Waals surface area contributed by atoms with E-state index in [9.17, 15) is 8.42 Å². The van der Waals surface area contributed by atoms with Crippen LogP contribution in [-0.4, -0.2) is 39.9 Å². The van der Waals surface area contributed by atoms with Crippen molar-refractivity contribution in [3.8, 4) is 28.4 Å². The Balaban J connectivity index is 1.49. The minimum absolute atomic E-state index is 0.182. The second-order valence-corrected chi connectivity index (χ2v) is 8.81. The molecule has 4 heterocycles. The molecule has 33 heavy (non-hydrogen) atoms.